The highest BCUT2D eigenvalue weighted by atomic mass is 16.1. The molecule has 1 N–H and O–H groups in total. The van der Waals surface area contributed by atoms with E-state index >= 15 is 0 Å². The van der Waals surface area contributed by atoms with E-state index in [1.807, 2.05) is 0 Å². The summed E-state index contributed by atoms with van der Waals surface area (Å²) in [6.45, 7) is 4.17. The number of aryl methyl sites for hydroxylation is 3. The summed E-state index contributed by atoms with van der Waals surface area (Å²) in [5.74, 6) is 1.07. The number of H-pyrrole nitrogens is 1. The maximum atomic E-state index is 12.5. The summed E-state index contributed by atoms with van der Waals surface area (Å²) >= 11 is 0. The van der Waals surface area contributed by atoms with Gasteiger partial charge in [-0.3, -0.25) is 4.79 Å². The van der Waals surface area contributed by atoms with E-state index in [1.165, 1.54) is 23.2 Å². The van der Waals surface area contributed by atoms with Gasteiger partial charge in [-0.25, -0.2) is 9.67 Å². The van der Waals surface area contributed by atoms with E-state index in [2.05, 4.69) is 51.2 Å². The lowest BCUT2D eigenvalue weighted by atomic mass is 10.0. The molecule has 3 heterocycles. The van der Waals surface area contributed by atoms with Gasteiger partial charge in [-0.1, -0.05) is 12.1 Å². The van der Waals surface area contributed by atoms with Crippen molar-refractivity contribution in [2.75, 3.05) is 0 Å². The molecular weight excluding hydrogens is 342 g/mol. The Kier molecular flexibility index (Phi) is 3.30. The van der Waals surface area contributed by atoms with Crippen molar-refractivity contribution >= 4 is 11.0 Å². The minimum absolute atomic E-state index is 0.239. The first-order chi connectivity index (χ1) is 13.0. The molecule has 0 spiro atoms. The van der Waals surface area contributed by atoms with Gasteiger partial charge in [0, 0.05) is 13.2 Å². The maximum absolute atomic E-state index is 12.5. The van der Waals surface area contributed by atoms with Crippen LogP contribution >= 0.6 is 0 Å². The van der Waals surface area contributed by atoms with Gasteiger partial charge in [0.15, 0.2) is 11.5 Å². The molecule has 0 amide bonds. The molecule has 0 aliphatic heterocycles. The Bertz CT molecular complexity index is 1220. The molecule has 0 bridgehead atoms. The summed E-state index contributed by atoms with van der Waals surface area (Å²) in [5, 5.41) is 13.2. The molecule has 1 aliphatic rings. The minimum Gasteiger partial charge on any atom is -0.304 e. The molecule has 1 aromatic carbocycles. The number of benzene rings is 1. The first-order valence-electron chi connectivity index (χ1n) is 8.97. The summed E-state index contributed by atoms with van der Waals surface area (Å²) in [5.41, 5.74) is 5.35. The fraction of sp³-hybridized carbons (Fsp3) is 0.316. The van der Waals surface area contributed by atoms with Gasteiger partial charge < -0.3 is 4.98 Å². The second kappa shape index (κ2) is 5.60. The predicted molar refractivity (Wildman–Crippen MR) is 101 cm³/mol. The van der Waals surface area contributed by atoms with Crippen molar-refractivity contribution in [2.45, 2.75) is 32.6 Å². The lowest BCUT2D eigenvalue weighted by molar-refractivity contribution is 0.655. The van der Waals surface area contributed by atoms with Gasteiger partial charge >= 0.3 is 0 Å². The Labute approximate surface area is 154 Å². The number of nitrogens with zero attached hydrogens (tertiary/aromatic N) is 6. The lowest BCUT2D eigenvalue weighted by Crippen LogP contribution is -2.08. The Balaban J connectivity index is 1.65. The van der Waals surface area contributed by atoms with Crippen LogP contribution in [0.4, 0.5) is 0 Å². The molecule has 27 heavy (non-hydrogen) atoms. The molecule has 0 saturated heterocycles. The summed E-state index contributed by atoms with van der Waals surface area (Å²) in [7, 11) is 1.71. The van der Waals surface area contributed by atoms with Crippen LogP contribution in [0.5, 0.6) is 0 Å². The van der Waals surface area contributed by atoms with E-state index < -0.39 is 0 Å². The van der Waals surface area contributed by atoms with Crippen molar-refractivity contribution in [2.24, 2.45) is 7.05 Å². The van der Waals surface area contributed by atoms with Crippen LogP contribution in [0.1, 0.15) is 35.4 Å². The maximum Gasteiger partial charge on any atom is 0.262 e. The zero-order chi connectivity index (χ0) is 18.7. The molecule has 136 valence electrons. The number of aromatic nitrogens is 7. The molecule has 1 saturated carbocycles. The second-order valence-electron chi connectivity index (χ2n) is 7.22. The summed E-state index contributed by atoms with van der Waals surface area (Å²) < 4.78 is 1.76. The minimum atomic E-state index is -0.239. The van der Waals surface area contributed by atoms with E-state index in [0.29, 0.717) is 28.5 Å². The van der Waals surface area contributed by atoms with Crippen LogP contribution in [0.2, 0.25) is 0 Å². The van der Waals surface area contributed by atoms with Gasteiger partial charge in [-0.15, -0.1) is 5.10 Å². The monoisotopic (exact) mass is 361 g/mol. The smallest absolute Gasteiger partial charge is 0.262 e. The Hall–Kier alpha value is -3.29. The summed E-state index contributed by atoms with van der Waals surface area (Å²) in [4.78, 5) is 21.2. The topological polar surface area (TPSA) is 94.3 Å². The van der Waals surface area contributed by atoms with Crippen molar-refractivity contribution in [3.05, 3.63) is 51.6 Å². The third kappa shape index (κ3) is 2.64. The molecule has 3 aromatic heterocycles. The van der Waals surface area contributed by atoms with Crippen molar-refractivity contribution in [1.82, 2.24) is 34.7 Å². The zero-order valence-corrected chi connectivity index (χ0v) is 15.4. The fourth-order valence-corrected chi connectivity index (χ4v) is 3.61. The Morgan fingerprint density at radius 1 is 1.15 bits per heavy atom. The van der Waals surface area contributed by atoms with E-state index in [4.69, 9.17) is 0 Å². The highest BCUT2D eigenvalue weighted by molar-refractivity contribution is 5.75. The average molecular weight is 361 g/mol. The van der Waals surface area contributed by atoms with Crippen LogP contribution in [-0.2, 0) is 7.05 Å². The third-order valence-corrected chi connectivity index (χ3v) is 5.02. The van der Waals surface area contributed by atoms with E-state index in [1.54, 1.807) is 24.1 Å². The van der Waals surface area contributed by atoms with Crippen LogP contribution in [0, 0.1) is 13.8 Å². The standard InChI is InChI=1S/C19H19N7O/c1-10-6-13(12-4-5-12)7-11(2)16(10)26-9-14-17(24-26)21-18(22-19(14)27)15-8-20-25(3)23-15/h6-9,12H,4-5H2,1-3H3,(H,21,22,24,27). The normalized spacial score (nSPS) is 14.2. The summed E-state index contributed by atoms with van der Waals surface area (Å²) in [6.07, 6.45) is 5.85. The van der Waals surface area contributed by atoms with Crippen LogP contribution in [0.15, 0.2) is 29.3 Å². The Morgan fingerprint density at radius 2 is 1.89 bits per heavy atom. The van der Waals surface area contributed by atoms with Crippen LogP contribution in [0.3, 0.4) is 0 Å². The van der Waals surface area contributed by atoms with Crippen molar-refractivity contribution < 1.29 is 0 Å². The molecule has 0 radical (unpaired) electrons. The highest BCUT2D eigenvalue weighted by Gasteiger charge is 2.25. The number of aromatic amines is 1. The predicted octanol–water partition coefficient (Wildman–Crippen LogP) is 2.40. The number of hydrogen-bond donors (Lipinski definition) is 1. The van der Waals surface area contributed by atoms with Crippen LogP contribution in [-0.4, -0.2) is 34.7 Å². The molecule has 8 heteroatoms. The van der Waals surface area contributed by atoms with Gasteiger partial charge in [0.2, 0.25) is 0 Å². The van der Waals surface area contributed by atoms with Gasteiger partial charge in [0.05, 0.1) is 11.9 Å². The molecule has 0 atom stereocenters. The second-order valence-corrected chi connectivity index (χ2v) is 7.22. The number of rotatable bonds is 3. The Morgan fingerprint density at radius 3 is 2.52 bits per heavy atom. The molecule has 1 fully saturated rings. The van der Waals surface area contributed by atoms with Gasteiger partial charge in [-0.05, 0) is 49.3 Å². The van der Waals surface area contributed by atoms with Gasteiger partial charge in [0.1, 0.15) is 11.1 Å². The van der Waals surface area contributed by atoms with Crippen molar-refractivity contribution in [3.63, 3.8) is 0 Å². The lowest BCUT2D eigenvalue weighted by Gasteiger charge is -2.12. The molecular formula is C19H19N7O. The molecule has 4 aromatic rings. The fourth-order valence-electron chi connectivity index (χ4n) is 3.61. The van der Waals surface area contributed by atoms with Crippen LogP contribution < -0.4 is 5.56 Å². The number of nitrogens with one attached hydrogen (secondary N) is 1. The average Bonchev–Trinajstić information content (AvgIpc) is 3.24. The van der Waals surface area contributed by atoms with Crippen molar-refractivity contribution in [1.29, 1.82) is 0 Å². The largest absolute Gasteiger partial charge is 0.304 e. The molecule has 5 rings (SSSR count). The molecule has 0 unspecified atom stereocenters. The quantitative estimate of drug-likeness (QED) is 0.605. The first-order valence-corrected chi connectivity index (χ1v) is 8.97. The van der Waals surface area contributed by atoms with E-state index in [9.17, 15) is 4.79 Å². The van der Waals surface area contributed by atoms with Crippen molar-refractivity contribution in [3.8, 4) is 17.2 Å². The van der Waals surface area contributed by atoms with Gasteiger partial charge in [-0.2, -0.15) is 15.0 Å². The zero-order valence-electron chi connectivity index (χ0n) is 15.4. The van der Waals surface area contributed by atoms with E-state index in [-0.39, 0.29) is 5.56 Å². The number of hydrogen-bond acceptors (Lipinski definition) is 5. The highest BCUT2D eigenvalue weighted by Crippen LogP contribution is 2.41. The molecule has 1 aliphatic carbocycles. The number of fused-ring (bicyclic) bond motifs is 1. The molecule has 8 nitrogen and oxygen atoms in total. The van der Waals surface area contributed by atoms with Crippen LogP contribution in [0.25, 0.3) is 28.2 Å². The van der Waals surface area contributed by atoms with Gasteiger partial charge in [0.25, 0.3) is 5.56 Å². The third-order valence-electron chi connectivity index (χ3n) is 5.02. The summed E-state index contributed by atoms with van der Waals surface area (Å²) in [6, 6.07) is 4.46. The first kappa shape index (κ1) is 15.9. The SMILES string of the molecule is Cc1cc(C2CC2)cc(C)c1-n1cc2c(=O)[nH]c(-c3cnn(C)n3)nc2n1. The van der Waals surface area contributed by atoms with E-state index in [0.717, 1.165) is 16.8 Å².